The van der Waals surface area contributed by atoms with Crippen LogP contribution in [0.25, 0.3) is 0 Å². The Labute approximate surface area is 75.6 Å². The molecule has 0 aromatic carbocycles. The highest BCUT2D eigenvalue weighted by Crippen LogP contribution is 2.14. The molecule has 13 heavy (non-hydrogen) atoms. The van der Waals surface area contributed by atoms with Crippen molar-refractivity contribution in [3.8, 4) is 0 Å². The summed E-state index contributed by atoms with van der Waals surface area (Å²) in [5.41, 5.74) is 0. The summed E-state index contributed by atoms with van der Waals surface area (Å²) in [5.74, 6) is -0.400. The lowest BCUT2D eigenvalue weighted by molar-refractivity contribution is -0.125. The van der Waals surface area contributed by atoms with Crippen LogP contribution in [0.4, 0.5) is 0 Å². The lowest BCUT2D eigenvalue weighted by Crippen LogP contribution is -2.46. The molecule has 4 atom stereocenters. The third kappa shape index (κ3) is 1.80. The fraction of sp³-hybridized carbons (Fsp3) is 0.857. The van der Waals surface area contributed by atoms with Crippen molar-refractivity contribution in [2.45, 2.75) is 24.3 Å². The highest BCUT2D eigenvalue weighted by atomic mass is 16.3. The molecule has 1 aliphatic rings. The molecule has 1 amide bonds. The number of nitrogens with one attached hydrogen (secondary N) is 2. The molecule has 1 rings (SSSR count). The number of hydrogen-bond donors (Lipinski definition) is 5. The summed E-state index contributed by atoms with van der Waals surface area (Å²) in [6.07, 6.45) is -2.27. The fourth-order valence-corrected chi connectivity index (χ4v) is 1.41. The van der Waals surface area contributed by atoms with Crippen LogP contribution in [-0.4, -0.2) is 59.2 Å². The molecule has 1 saturated heterocycles. The van der Waals surface area contributed by atoms with Gasteiger partial charge in [0.25, 0.3) is 0 Å². The number of hydrogen-bond acceptors (Lipinski definition) is 5. The average Bonchev–Trinajstić information content (AvgIpc) is 2.43. The van der Waals surface area contributed by atoms with E-state index in [1.165, 1.54) is 7.05 Å². The smallest absolute Gasteiger partial charge is 0.239 e. The van der Waals surface area contributed by atoms with Crippen LogP contribution in [-0.2, 0) is 4.79 Å². The average molecular weight is 190 g/mol. The third-order valence-electron chi connectivity index (χ3n) is 2.22. The first kappa shape index (κ1) is 10.4. The molecule has 1 heterocycles. The van der Waals surface area contributed by atoms with Gasteiger partial charge in [-0.1, -0.05) is 0 Å². The van der Waals surface area contributed by atoms with Gasteiger partial charge in [-0.2, -0.15) is 0 Å². The van der Waals surface area contributed by atoms with Crippen LogP contribution in [0.3, 0.4) is 0 Å². The molecule has 0 aliphatic carbocycles. The van der Waals surface area contributed by atoms with E-state index in [1.54, 1.807) is 0 Å². The molecule has 1 aliphatic heterocycles. The van der Waals surface area contributed by atoms with Crippen LogP contribution in [0.15, 0.2) is 0 Å². The lowest BCUT2D eigenvalue weighted by Gasteiger charge is -2.13. The zero-order chi connectivity index (χ0) is 10.0. The van der Waals surface area contributed by atoms with Crippen molar-refractivity contribution >= 4 is 5.91 Å². The van der Waals surface area contributed by atoms with Gasteiger partial charge in [-0.25, -0.2) is 0 Å². The van der Waals surface area contributed by atoms with Crippen molar-refractivity contribution in [1.29, 1.82) is 0 Å². The largest absolute Gasteiger partial charge is 0.395 e. The number of likely N-dealkylation sites (N-methyl/N-ethyl adjacent to an activating group) is 1. The zero-order valence-electron chi connectivity index (χ0n) is 7.27. The number of carbonyl (C=O) groups excluding carboxylic acids is 1. The van der Waals surface area contributed by atoms with Crippen molar-refractivity contribution in [3.63, 3.8) is 0 Å². The molecule has 0 aromatic heterocycles. The van der Waals surface area contributed by atoms with Crippen LogP contribution < -0.4 is 10.6 Å². The Hall–Kier alpha value is -0.690. The van der Waals surface area contributed by atoms with Gasteiger partial charge in [0, 0.05) is 7.05 Å². The molecule has 6 nitrogen and oxygen atoms in total. The molecular weight excluding hydrogens is 176 g/mol. The molecule has 6 heteroatoms. The highest BCUT2D eigenvalue weighted by molar-refractivity contribution is 5.82. The van der Waals surface area contributed by atoms with Crippen LogP contribution >= 0.6 is 0 Å². The minimum atomic E-state index is -1.17. The van der Waals surface area contributed by atoms with Crippen molar-refractivity contribution < 1.29 is 20.1 Å². The summed E-state index contributed by atoms with van der Waals surface area (Å²) >= 11 is 0. The van der Waals surface area contributed by atoms with E-state index in [-0.39, 0.29) is 6.61 Å². The van der Waals surface area contributed by atoms with Gasteiger partial charge >= 0.3 is 0 Å². The predicted molar refractivity (Wildman–Crippen MR) is 43.9 cm³/mol. The number of rotatable bonds is 2. The van der Waals surface area contributed by atoms with Crippen LogP contribution in [0.2, 0.25) is 0 Å². The Morgan fingerprint density at radius 1 is 1.46 bits per heavy atom. The van der Waals surface area contributed by atoms with E-state index < -0.39 is 30.2 Å². The van der Waals surface area contributed by atoms with Gasteiger partial charge in [0.15, 0.2) is 0 Å². The Kier molecular flexibility index (Phi) is 3.21. The van der Waals surface area contributed by atoms with Gasteiger partial charge in [0.2, 0.25) is 5.91 Å². The van der Waals surface area contributed by atoms with E-state index >= 15 is 0 Å². The van der Waals surface area contributed by atoms with Crippen molar-refractivity contribution in [2.75, 3.05) is 13.7 Å². The van der Waals surface area contributed by atoms with Crippen LogP contribution in [0.1, 0.15) is 0 Å². The molecule has 0 unspecified atom stereocenters. The minimum Gasteiger partial charge on any atom is -0.395 e. The van der Waals surface area contributed by atoms with Gasteiger partial charge < -0.3 is 20.6 Å². The monoisotopic (exact) mass is 190 g/mol. The number of carbonyl (C=O) groups is 1. The second kappa shape index (κ2) is 4.01. The maximum atomic E-state index is 11.1. The summed E-state index contributed by atoms with van der Waals surface area (Å²) in [7, 11) is 1.44. The molecule has 0 bridgehead atoms. The van der Waals surface area contributed by atoms with E-state index in [1.807, 2.05) is 0 Å². The summed E-state index contributed by atoms with van der Waals surface area (Å²) in [6, 6.07) is -1.49. The summed E-state index contributed by atoms with van der Waals surface area (Å²) in [6.45, 7) is -0.314. The van der Waals surface area contributed by atoms with E-state index in [2.05, 4.69) is 10.6 Å². The summed E-state index contributed by atoms with van der Waals surface area (Å²) in [5, 5.41) is 32.4. The SMILES string of the molecule is CNC(=O)[C@@H]1N[C@H](CO)[C@H](O)[C@H]1O. The Bertz CT molecular complexity index is 199. The summed E-state index contributed by atoms with van der Waals surface area (Å²) in [4.78, 5) is 11.1. The summed E-state index contributed by atoms with van der Waals surface area (Å²) < 4.78 is 0. The molecule has 0 spiro atoms. The van der Waals surface area contributed by atoms with Crippen molar-refractivity contribution in [2.24, 2.45) is 0 Å². The van der Waals surface area contributed by atoms with Crippen molar-refractivity contribution in [3.05, 3.63) is 0 Å². The highest BCUT2D eigenvalue weighted by Gasteiger charge is 2.43. The normalized spacial score (nSPS) is 39.1. The van der Waals surface area contributed by atoms with Gasteiger partial charge in [-0.05, 0) is 0 Å². The first-order valence-electron chi connectivity index (χ1n) is 4.06. The zero-order valence-corrected chi connectivity index (χ0v) is 7.27. The van der Waals surface area contributed by atoms with Gasteiger partial charge in [0.1, 0.15) is 12.1 Å². The standard InChI is InChI=1S/C7H14N2O4/c1-8-7(13)4-6(12)5(11)3(2-10)9-4/h3-6,9-12H,2H2,1H3,(H,8,13)/t3-,4-,5+,6+/m1/s1. The first-order chi connectivity index (χ1) is 6.11. The quantitative estimate of drug-likeness (QED) is 0.315. The number of amides is 1. The Morgan fingerprint density at radius 3 is 2.46 bits per heavy atom. The second-order valence-electron chi connectivity index (χ2n) is 3.03. The predicted octanol–water partition coefficient (Wildman–Crippen LogP) is -3.21. The molecule has 1 fully saturated rings. The molecule has 5 N–H and O–H groups in total. The third-order valence-corrected chi connectivity index (χ3v) is 2.22. The Morgan fingerprint density at radius 2 is 2.08 bits per heavy atom. The Balaban J connectivity index is 2.65. The number of aliphatic hydroxyl groups is 3. The first-order valence-corrected chi connectivity index (χ1v) is 4.06. The topological polar surface area (TPSA) is 102 Å². The maximum Gasteiger partial charge on any atom is 0.239 e. The molecule has 0 aromatic rings. The lowest BCUT2D eigenvalue weighted by atomic mass is 10.1. The fourth-order valence-electron chi connectivity index (χ4n) is 1.41. The van der Waals surface area contributed by atoms with Crippen LogP contribution in [0.5, 0.6) is 0 Å². The molecule has 76 valence electrons. The minimum absolute atomic E-state index is 0.314. The van der Waals surface area contributed by atoms with Crippen LogP contribution in [0, 0.1) is 0 Å². The maximum absolute atomic E-state index is 11.1. The van der Waals surface area contributed by atoms with Crippen molar-refractivity contribution in [1.82, 2.24) is 10.6 Å². The molecular formula is C7H14N2O4. The van der Waals surface area contributed by atoms with E-state index in [4.69, 9.17) is 5.11 Å². The molecule has 0 saturated carbocycles. The van der Waals surface area contributed by atoms with Gasteiger partial charge in [-0.3, -0.25) is 10.1 Å². The second-order valence-corrected chi connectivity index (χ2v) is 3.03. The van der Waals surface area contributed by atoms with E-state index in [0.717, 1.165) is 0 Å². The van der Waals surface area contributed by atoms with Gasteiger partial charge in [0.05, 0.1) is 18.8 Å². The van der Waals surface area contributed by atoms with E-state index in [9.17, 15) is 15.0 Å². The number of aliphatic hydroxyl groups excluding tert-OH is 3. The molecule has 0 radical (unpaired) electrons. The van der Waals surface area contributed by atoms with Gasteiger partial charge in [-0.15, -0.1) is 0 Å². The van der Waals surface area contributed by atoms with E-state index in [0.29, 0.717) is 0 Å².